The monoisotopic (exact) mass is 378 g/mol. The molecule has 2 aromatic carbocycles. The van der Waals surface area contributed by atoms with Gasteiger partial charge in [0.1, 0.15) is 17.8 Å². The zero-order chi connectivity index (χ0) is 19.2. The molecule has 2 heterocycles. The highest BCUT2D eigenvalue weighted by Crippen LogP contribution is 2.44. The molecule has 4 atom stereocenters. The lowest BCUT2D eigenvalue weighted by Crippen LogP contribution is -2.47. The second-order valence-electron chi connectivity index (χ2n) is 6.88. The summed E-state index contributed by atoms with van der Waals surface area (Å²) in [6.07, 6.45) is -6.69. The van der Waals surface area contributed by atoms with Crippen LogP contribution in [0.1, 0.15) is 22.8 Å². The molecule has 0 aliphatic carbocycles. The van der Waals surface area contributed by atoms with Gasteiger partial charge in [0.25, 0.3) is 0 Å². The van der Waals surface area contributed by atoms with Crippen LogP contribution in [0, 0.1) is 5.92 Å². The van der Waals surface area contributed by atoms with E-state index in [2.05, 4.69) is 0 Å². The molecule has 0 saturated carbocycles. The molecule has 0 radical (unpaired) electrons. The Kier molecular flexibility index (Phi) is 4.34. The van der Waals surface area contributed by atoms with Gasteiger partial charge in [-0.15, -0.1) is 0 Å². The van der Waals surface area contributed by atoms with Gasteiger partial charge in [-0.3, -0.25) is 4.79 Å². The van der Waals surface area contributed by atoms with Gasteiger partial charge in [-0.05, 0) is 35.2 Å². The van der Waals surface area contributed by atoms with Gasteiger partial charge in [0, 0.05) is 6.42 Å². The largest absolute Gasteiger partial charge is 0.481 e. The first-order chi connectivity index (χ1) is 12.8. The molecule has 1 fully saturated rings. The van der Waals surface area contributed by atoms with Crippen LogP contribution in [0.15, 0.2) is 48.5 Å². The number of alkyl halides is 3. The van der Waals surface area contributed by atoms with E-state index in [-0.39, 0.29) is 24.4 Å². The molecular weight excluding hydrogens is 361 g/mol. The number of hydrogen-bond donors (Lipinski definition) is 1. The van der Waals surface area contributed by atoms with Gasteiger partial charge in [0.2, 0.25) is 6.10 Å². The molecule has 142 valence electrons. The van der Waals surface area contributed by atoms with E-state index in [0.29, 0.717) is 5.56 Å². The molecule has 1 N–H and O–H groups in total. The molecule has 4 nitrogen and oxygen atoms in total. The first-order valence-electron chi connectivity index (χ1n) is 8.61. The van der Waals surface area contributed by atoms with Crippen LogP contribution >= 0.6 is 0 Å². The van der Waals surface area contributed by atoms with Crippen molar-refractivity contribution < 1.29 is 32.5 Å². The summed E-state index contributed by atoms with van der Waals surface area (Å²) in [5.41, 5.74) is 2.44. The fraction of sp³-hybridized carbons (Fsp3) is 0.350. The molecular formula is C20H17F3O4. The highest BCUT2D eigenvalue weighted by Gasteiger charge is 2.52. The molecule has 7 heteroatoms. The molecule has 0 amide bonds. The molecule has 4 rings (SSSR count). The van der Waals surface area contributed by atoms with Crippen LogP contribution in [-0.2, 0) is 22.4 Å². The summed E-state index contributed by atoms with van der Waals surface area (Å²) in [7, 11) is 0. The van der Waals surface area contributed by atoms with Gasteiger partial charge < -0.3 is 14.6 Å². The number of halogens is 3. The highest BCUT2D eigenvalue weighted by molar-refractivity contribution is 5.72. The SMILES string of the molecule is O=C(O)C1Cc2cc(C3OC3Cc3ccccc3)ccc2OC1C(F)(F)F. The molecule has 4 unspecified atom stereocenters. The summed E-state index contributed by atoms with van der Waals surface area (Å²) in [6, 6.07) is 14.7. The summed E-state index contributed by atoms with van der Waals surface area (Å²) in [6.45, 7) is 0. The third-order valence-corrected chi connectivity index (χ3v) is 4.97. The van der Waals surface area contributed by atoms with Crippen molar-refractivity contribution in [2.24, 2.45) is 5.92 Å². The van der Waals surface area contributed by atoms with Crippen LogP contribution in [0.3, 0.4) is 0 Å². The minimum Gasteiger partial charge on any atom is -0.481 e. The Bertz CT molecular complexity index is 850. The average Bonchev–Trinajstić information content (AvgIpc) is 3.39. The maximum absolute atomic E-state index is 13.1. The second kappa shape index (κ2) is 6.56. The van der Waals surface area contributed by atoms with Crippen molar-refractivity contribution in [3.05, 3.63) is 65.2 Å². The Labute approximate surface area is 153 Å². The average molecular weight is 378 g/mol. The van der Waals surface area contributed by atoms with E-state index in [4.69, 9.17) is 9.47 Å². The van der Waals surface area contributed by atoms with E-state index in [1.54, 1.807) is 12.1 Å². The van der Waals surface area contributed by atoms with Gasteiger partial charge in [-0.2, -0.15) is 13.2 Å². The number of benzene rings is 2. The number of epoxide rings is 1. The van der Waals surface area contributed by atoms with Crippen LogP contribution in [0.25, 0.3) is 0 Å². The second-order valence-corrected chi connectivity index (χ2v) is 6.88. The molecule has 1 saturated heterocycles. The van der Waals surface area contributed by atoms with Crippen LogP contribution < -0.4 is 4.74 Å². The van der Waals surface area contributed by atoms with Gasteiger partial charge in [-0.25, -0.2) is 0 Å². The smallest absolute Gasteiger partial charge is 0.426 e. The number of carboxylic acid groups (broad SMARTS) is 1. The summed E-state index contributed by atoms with van der Waals surface area (Å²) >= 11 is 0. The first-order valence-corrected chi connectivity index (χ1v) is 8.61. The van der Waals surface area contributed by atoms with Crippen LogP contribution in [0.4, 0.5) is 13.2 Å². The quantitative estimate of drug-likeness (QED) is 0.819. The molecule has 2 aliphatic heterocycles. The lowest BCUT2D eigenvalue weighted by Gasteiger charge is -2.32. The van der Waals surface area contributed by atoms with E-state index in [1.807, 2.05) is 30.3 Å². The Morgan fingerprint density at radius 1 is 1.15 bits per heavy atom. The number of ether oxygens (including phenoxy) is 2. The predicted molar refractivity (Wildman–Crippen MR) is 89.5 cm³/mol. The molecule has 0 spiro atoms. The van der Waals surface area contributed by atoms with Crippen molar-refractivity contribution in [1.82, 2.24) is 0 Å². The summed E-state index contributed by atoms with van der Waals surface area (Å²) in [4.78, 5) is 11.3. The highest BCUT2D eigenvalue weighted by atomic mass is 19.4. The van der Waals surface area contributed by atoms with Gasteiger partial charge in [0.15, 0.2) is 0 Å². The Hall–Kier alpha value is -2.54. The zero-order valence-corrected chi connectivity index (χ0v) is 14.1. The standard InChI is InChI=1S/C20H17F3O4/c21-20(22,23)18-14(19(24)25)10-13-9-12(6-7-15(13)27-18)17-16(26-17)8-11-4-2-1-3-5-11/h1-7,9,14,16-18H,8,10H2,(H,24,25). The summed E-state index contributed by atoms with van der Waals surface area (Å²) in [5.74, 6) is -3.09. The Morgan fingerprint density at radius 3 is 2.56 bits per heavy atom. The van der Waals surface area contributed by atoms with E-state index in [1.165, 1.54) is 6.07 Å². The van der Waals surface area contributed by atoms with Crippen molar-refractivity contribution in [3.8, 4) is 5.75 Å². The van der Waals surface area contributed by atoms with Crippen molar-refractivity contribution in [3.63, 3.8) is 0 Å². The fourth-order valence-electron chi connectivity index (χ4n) is 3.56. The lowest BCUT2D eigenvalue weighted by molar-refractivity contribution is -0.217. The van der Waals surface area contributed by atoms with Gasteiger partial charge >= 0.3 is 12.1 Å². The van der Waals surface area contributed by atoms with Crippen LogP contribution in [0.5, 0.6) is 5.75 Å². The molecule has 0 aromatic heterocycles. The number of rotatable bonds is 4. The summed E-state index contributed by atoms with van der Waals surface area (Å²) in [5, 5.41) is 9.19. The number of carboxylic acids is 1. The molecule has 2 aliphatic rings. The van der Waals surface area contributed by atoms with Crippen molar-refractivity contribution in [2.45, 2.75) is 37.3 Å². The van der Waals surface area contributed by atoms with E-state index in [9.17, 15) is 23.1 Å². The van der Waals surface area contributed by atoms with Crippen molar-refractivity contribution in [1.29, 1.82) is 0 Å². The maximum Gasteiger partial charge on any atom is 0.426 e. The number of aliphatic carboxylic acids is 1. The molecule has 0 bridgehead atoms. The topological polar surface area (TPSA) is 59.1 Å². The maximum atomic E-state index is 13.1. The van der Waals surface area contributed by atoms with Crippen LogP contribution in [-0.4, -0.2) is 29.5 Å². The number of hydrogen-bond acceptors (Lipinski definition) is 3. The van der Waals surface area contributed by atoms with E-state index >= 15 is 0 Å². The van der Waals surface area contributed by atoms with Crippen molar-refractivity contribution >= 4 is 5.97 Å². The normalized spacial score (nSPS) is 26.8. The Balaban J connectivity index is 1.52. The lowest BCUT2D eigenvalue weighted by atomic mass is 9.89. The predicted octanol–water partition coefficient (Wildman–Crippen LogP) is 3.94. The fourth-order valence-corrected chi connectivity index (χ4v) is 3.56. The molecule has 2 aromatic rings. The van der Waals surface area contributed by atoms with Crippen molar-refractivity contribution in [2.75, 3.05) is 0 Å². The number of fused-ring (bicyclic) bond motifs is 1. The zero-order valence-electron chi connectivity index (χ0n) is 14.1. The minimum atomic E-state index is -4.74. The summed E-state index contributed by atoms with van der Waals surface area (Å²) < 4.78 is 50.1. The van der Waals surface area contributed by atoms with E-state index < -0.39 is 24.2 Å². The van der Waals surface area contributed by atoms with Crippen LogP contribution in [0.2, 0.25) is 0 Å². The van der Waals surface area contributed by atoms with Gasteiger partial charge in [-0.1, -0.05) is 36.4 Å². The third kappa shape index (κ3) is 3.64. The third-order valence-electron chi connectivity index (χ3n) is 4.97. The van der Waals surface area contributed by atoms with Gasteiger partial charge in [0.05, 0.1) is 6.10 Å². The van der Waals surface area contributed by atoms with E-state index in [0.717, 1.165) is 17.5 Å². The number of carbonyl (C=O) groups is 1. The first kappa shape index (κ1) is 17.9. The minimum absolute atomic E-state index is 0.00755. The molecule has 27 heavy (non-hydrogen) atoms. The Morgan fingerprint density at radius 2 is 1.89 bits per heavy atom.